The van der Waals surface area contributed by atoms with Crippen molar-refractivity contribution in [1.29, 1.82) is 0 Å². The molecule has 1 amide bonds. The van der Waals surface area contributed by atoms with Crippen LogP contribution in [0.3, 0.4) is 0 Å². The highest BCUT2D eigenvalue weighted by atomic mass is 19.1. The maximum atomic E-state index is 12.7. The first kappa shape index (κ1) is 13.2. The van der Waals surface area contributed by atoms with E-state index in [1.807, 2.05) is 12.1 Å². The van der Waals surface area contributed by atoms with Crippen LogP contribution < -0.4 is 5.32 Å². The lowest BCUT2D eigenvalue weighted by Crippen LogP contribution is -2.23. The molecule has 19 heavy (non-hydrogen) atoms. The molecule has 2 N–H and O–H groups in total. The topological polar surface area (TPSA) is 62.2 Å². The number of rotatable bonds is 4. The second-order valence-electron chi connectivity index (χ2n) is 4.02. The second-order valence-corrected chi connectivity index (χ2v) is 4.02. The molecular weight excluding hydrogens is 247 g/mol. The largest absolute Gasteiger partial charge is 0.392 e. The van der Waals surface area contributed by atoms with Gasteiger partial charge in [-0.15, -0.1) is 0 Å². The molecule has 0 bridgehead atoms. The minimum atomic E-state index is -0.476. The number of benzene rings is 1. The molecule has 0 atom stereocenters. The molecule has 0 fully saturated rings. The highest BCUT2D eigenvalue weighted by molar-refractivity contribution is 5.92. The van der Waals surface area contributed by atoms with Gasteiger partial charge in [-0.3, -0.25) is 4.79 Å². The summed E-state index contributed by atoms with van der Waals surface area (Å²) in [5.41, 5.74) is 1.90. The first-order chi connectivity index (χ1) is 9.19. The van der Waals surface area contributed by atoms with Crippen LogP contribution in [0, 0.1) is 5.82 Å². The van der Waals surface area contributed by atoms with Gasteiger partial charge in [0.2, 0.25) is 0 Å². The fraction of sp³-hybridized carbons (Fsp3) is 0.143. The maximum absolute atomic E-state index is 12.7. The number of halogens is 1. The average molecular weight is 260 g/mol. The number of carbonyl (C=O) groups excluding carboxylic acids is 1. The third-order valence-corrected chi connectivity index (χ3v) is 2.62. The summed E-state index contributed by atoms with van der Waals surface area (Å²) in [5, 5.41) is 11.6. The van der Waals surface area contributed by atoms with Gasteiger partial charge in [-0.25, -0.2) is 9.37 Å². The van der Waals surface area contributed by atoms with Gasteiger partial charge in [0.15, 0.2) is 0 Å². The minimum absolute atomic E-state index is 0.00780. The third-order valence-electron chi connectivity index (χ3n) is 2.62. The molecule has 2 rings (SSSR count). The van der Waals surface area contributed by atoms with Crippen molar-refractivity contribution in [3.8, 4) is 0 Å². The van der Waals surface area contributed by atoms with Crippen molar-refractivity contribution < 1.29 is 14.3 Å². The Morgan fingerprint density at radius 2 is 1.84 bits per heavy atom. The Kier molecular flexibility index (Phi) is 4.20. The predicted octanol–water partition coefficient (Wildman–Crippen LogP) is 1.64. The molecule has 0 saturated carbocycles. The van der Waals surface area contributed by atoms with Crippen LogP contribution in [0.25, 0.3) is 0 Å². The summed E-state index contributed by atoms with van der Waals surface area (Å²) in [6.45, 7) is 0.343. The van der Waals surface area contributed by atoms with Crippen LogP contribution >= 0.6 is 0 Å². The first-order valence-corrected chi connectivity index (χ1v) is 5.77. The molecule has 0 aliphatic rings. The van der Waals surface area contributed by atoms with Gasteiger partial charge >= 0.3 is 0 Å². The molecule has 0 spiro atoms. The van der Waals surface area contributed by atoms with Crippen molar-refractivity contribution in [2.45, 2.75) is 13.2 Å². The fourth-order valence-corrected chi connectivity index (χ4v) is 1.55. The normalized spacial score (nSPS) is 10.2. The first-order valence-electron chi connectivity index (χ1n) is 5.77. The van der Waals surface area contributed by atoms with E-state index in [1.54, 1.807) is 12.1 Å². The Hall–Kier alpha value is -2.27. The van der Waals surface area contributed by atoms with Crippen molar-refractivity contribution in [2.75, 3.05) is 0 Å². The van der Waals surface area contributed by atoms with Gasteiger partial charge in [0.25, 0.3) is 5.91 Å². The molecule has 4 nitrogen and oxygen atoms in total. The number of nitrogens with one attached hydrogen (secondary N) is 1. The molecule has 0 unspecified atom stereocenters. The van der Waals surface area contributed by atoms with Crippen LogP contribution in [-0.2, 0) is 13.2 Å². The van der Waals surface area contributed by atoms with E-state index < -0.39 is 5.82 Å². The summed E-state index contributed by atoms with van der Waals surface area (Å²) < 4.78 is 12.7. The van der Waals surface area contributed by atoms with Crippen molar-refractivity contribution in [1.82, 2.24) is 10.3 Å². The van der Waals surface area contributed by atoms with Crippen molar-refractivity contribution in [2.24, 2.45) is 0 Å². The van der Waals surface area contributed by atoms with Crippen LogP contribution in [0.5, 0.6) is 0 Å². The van der Waals surface area contributed by atoms with Gasteiger partial charge in [-0.2, -0.15) is 0 Å². The Bertz CT molecular complexity index is 553. The number of hydrogen-bond donors (Lipinski definition) is 2. The molecule has 0 aliphatic carbocycles. The third kappa shape index (κ3) is 3.59. The van der Waals surface area contributed by atoms with Gasteiger partial charge in [-0.1, -0.05) is 24.3 Å². The molecule has 5 heteroatoms. The summed E-state index contributed by atoms with van der Waals surface area (Å²) in [6, 6.07) is 9.75. The van der Waals surface area contributed by atoms with E-state index in [0.717, 1.165) is 17.3 Å². The van der Waals surface area contributed by atoms with Gasteiger partial charge in [-0.05, 0) is 23.3 Å². The van der Waals surface area contributed by atoms with Gasteiger partial charge in [0, 0.05) is 6.54 Å². The van der Waals surface area contributed by atoms with E-state index in [1.165, 1.54) is 12.1 Å². The molecule has 0 radical (unpaired) electrons. The van der Waals surface area contributed by atoms with E-state index in [-0.39, 0.29) is 18.2 Å². The predicted molar refractivity (Wildman–Crippen MR) is 67.7 cm³/mol. The Morgan fingerprint density at radius 3 is 2.42 bits per heavy atom. The van der Waals surface area contributed by atoms with E-state index in [0.29, 0.717) is 6.54 Å². The molecule has 1 aromatic heterocycles. The second kappa shape index (κ2) is 6.06. The fourth-order valence-electron chi connectivity index (χ4n) is 1.55. The zero-order chi connectivity index (χ0) is 13.7. The highest BCUT2D eigenvalue weighted by Gasteiger charge is 2.06. The van der Waals surface area contributed by atoms with Gasteiger partial charge in [0.1, 0.15) is 11.5 Å². The smallest absolute Gasteiger partial charge is 0.270 e. The number of hydrogen-bond acceptors (Lipinski definition) is 3. The Morgan fingerprint density at radius 1 is 1.16 bits per heavy atom. The van der Waals surface area contributed by atoms with Crippen LogP contribution in [-0.4, -0.2) is 16.0 Å². The van der Waals surface area contributed by atoms with E-state index in [4.69, 9.17) is 5.11 Å². The number of aliphatic hydroxyl groups is 1. The molecule has 98 valence electrons. The van der Waals surface area contributed by atoms with E-state index in [9.17, 15) is 9.18 Å². The molecule has 1 aromatic carbocycles. The number of pyridine rings is 1. The summed E-state index contributed by atoms with van der Waals surface area (Å²) >= 11 is 0. The average Bonchev–Trinajstić information content (AvgIpc) is 2.46. The monoisotopic (exact) mass is 260 g/mol. The van der Waals surface area contributed by atoms with Crippen LogP contribution in [0.4, 0.5) is 4.39 Å². The van der Waals surface area contributed by atoms with E-state index in [2.05, 4.69) is 10.3 Å². The van der Waals surface area contributed by atoms with Gasteiger partial charge < -0.3 is 10.4 Å². The summed E-state index contributed by atoms with van der Waals surface area (Å²) in [4.78, 5) is 15.4. The SMILES string of the molecule is O=C(NCc1ccc(CO)cc1)c1ccc(F)cn1. The van der Waals surface area contributed by atoms with Gasteiger partial charge in [0.05, 0.1) is 12.8 Å². The molecule has 2 aromatic rings. The van der Waals surface area contributed by atoms with Crippen molar-refractivity contribution in [3.05, 3.63) is 65.2 Å². The maximum Gasteiger partial charge on any atom is 0.270 e. The minimum Gasteiger partial charge on any atom is -0.392 e. The lowest BCUT2D eigenvalue weighted by molar-refractivity contribution is 0.0946. The Balaban J connectivity index is 1.94. The van der Waals surface area contributed by atoms with Crippen LogP contribution in [0.1, 0.15) is 21.6 Å². The molecular formula is C14H13FN2O2. The van der Waals surface area contributed by atoms with Crippen molar-refractivity contribution in [3.63, 3.8) is 0 Å². The highest BCUT2D eigenvalue weighted by Crippen LogP contribution is 2.04. The number of nitrogens with zero attached hydrogens (tertiary/aromatic N) is 1. The molecule has 0 saturated heterocycles. The van der Waals surface area contributed by atoms with Crippen LogP contribution in [0.15, 0.2) is 42.6 Å². The lowest BCUT2D eigenvalue weighted by atomic mass is 10.1. The zero-order valence-electron chi connectivity index (χ0n) is 10.1. The standard InChI is InChI=1S/C14H13FN2O2/c15-12-5-6-13(16-8-12)14(19)17-7-10-1-3-11(9-18)4-2-10/h1-6,8,18H,7,9H2,(H,17,19). The number of aliphatic hydroxyl groups excluding tert-OH is 1. The molecule has 0 aliphatic heterocycles. The van der Waals surface area contributed by atoms with Crippen molar-refractivity contribution >= 4 is 5.91 Å². The summed E-state index contributed by atoms with van der Waals surface area (Å²) in [5.74, 6) is -0.831. The zero-order valence-corrected chi connectivity index (χ0v) is 10.1. The lowest BCUT2D eigenvalue weighted by Gasteiger charge is -2.05. The number of carbonyl (C=O) groups is 1. The number of amides is 1. The van der Waals surface area contributed by atoms with Crippen LogP contribution in [0.2, 0.25) is 0 Å². The summed E-state index contributed by atoms with van der Waals surface area (Å²) in [6.07, 6.45) is 1.00. The molecule has 1 heterocycles. The van der Waals surface area contributed by atoms with E-state index >= 15 is 0 Å². The Labute approximate surface area is 109 Å². The summed E-state index contributed by atoms with van der Waals surface area (Å²) in [7, 11) is 0. The quantitative estimate of drug-likeness (QED) is 0.878. The number of aromatic nitrogens is 1.